The van der Waals surface area contributed by atoms with Crippen molar-refractivity contribution in [2.45, 2.75) is 56.9 Å². The molecule has 0 bridgehead atoms. The highest BCUT2D eigenvalue weighted by Gasteiger charge is 2.38. The molecule has 218 valence electrons. The number of pyridine rings is 1. The van der Waals surface area contributed by atoms with E-state index in [2.05, 4.69) is 49.3 Å². The van der Waals surface area contributed by atoms with Crippen LogP contribution in [0.15, 0.2) is 33.3 Å². The van der Waals surface area contributed by atoms with Crippen molar-refractivity contribution in [3.8, 4) is 0 Å². The van der Waals surface area contributed by atoms with Crippen molar-refractivity contribution in [3.05, 3.63) is 60.7 Å². The fourth-order valence-corrected chi connectivity index (χ4v) is 8.48. The van der Waals surface area contributed by atoms with E-state index in [4.69, 9.17) is 21.3 Å². The number of ether oxygens (including phenoxy) is 1. The monoisotopic (exact) mass is 706 g/mol. The Hall–Kier alpha value is -2.17. The van der Waals surface area contributed by atoms with Crippen LogP contribution in [0.5, 0.6) is 0 Å². The van der Waals surface area contributed by atoms with Crippen LogP contribution in [-0.2, 0) is 27.2 Å². The van der Waals surface area contributed by atoms with Crippen molar-refractivity contribution in [2.75, 3.05) is 32.8 Å². The number of nitrogens with one attached hydrogen (secondary N) is 1. The fraction of sp³-hybridized carbons (Fsp3) is 0.533. The lowest BCUT2D eigenvalue weighted by Crippen LogP contribution is -2.49. The predicted molar refractivity (Wildman–Crippen MR) is 162 cm³/mol. The lowest BCUT2D eigenvalue weighted by Gasteiger charge is -2.38. The average Bonchev–Trinajstić information content (AvgIpc) is 3.33. The van der Waals surface area contributed by atoms with E-state index in [0.29, 0.717) is 25.4 Å². The van der Waals surface area contributed by atoms with E-state index in [0.717, 1.165) is 71.3 Å². The molecule has 6 rings (SSSR count). The van der Waals surface area contributed by atoms with E-state index in [1.165, 1.54) is 16.7 Å². The van der Waals surface area contributed by atoms with Gasteiger partial charge in [-0.2, -0.15) is 0 Å². The lowest BCUT2D eigenvalue weighted by atomic mass is 9.76. The number of aromatic nitrogens is 1. The number of hydrogen-bond donors (Lipinski definition) is 1. The van der Waals surface area contributed by atoms with Crippen molar-refractivity contribution in [1.29, 1.82) is 0 Å². The quantitative estimate of drug-likeness (QED) is 0.456. The molecule has 3 fully saturated rings. The molecule has 1 aromatic heterocycles. The van der Waals surface area contributed by atoms with E-state index in [1.807, 2.05) is 17.2 Å². The third-order valence-corrected chi connectivity index (χ3v) is 10.4. The maximum absolute atomic E-state index is 13.3. The topological polar surface area (TPSA) is 91.8 Å². The second kappa shape index (κ2) is 12.2. The van der Waals surface area contributed by atoms with Gasteiger partial charge in [-0.25, -0.2) is 4.79 Å². The molecule has 11 heteroatoms. The summed E-state index contributed by atoms with van der Waals surface area (Å²) in [5, 5.41) is 3.30. The molecule has 8 nitrogen and oxygen atoms in total. The summed E-state index contributed by atoms with van der Waals surface area (Å²) in [5.41, 5.74) is 4.98. The molecule has 0 saturated carbocycles. The van der Waals surface area contributed by atoms with E-state index in [9.17, 15) is 14.4 Å². The number of cyclic esters (lactones) is 1. The number of amides is 3. The predicted octanol–water partition coefficient (Wildman–Crippen LogP) is 5.47. The highest BCUT2D eigenvalue weighted by molar-refractivity contribution is 9.10. The largest absolute Gasteiger partial charge is 0.447 e. The molecule has 4 aliphatic rings. The van der Waals surface area contributed by atoms with Gasteiger partial charge in [0.25, 0.3) is 0 Å². The Labute approximate surface area is 261 Å². The number of rotatable bonds is 4. The summed E-state index contributed by atoms with van der Waals surface area (Å²) in [6, 6.07) is 5.70. The summed E-state index contributed by atoms with van der Waals surface area (Å²) in [6.07, 6.45) is 7.14. The summed E-state index contributed by atoms with van der Waals surface area (Å²) < 4.78 is 6.89. The van der Waals surface area contributed by atoms with Crippen LogP contribution in [0.4, 0.5) is 4.79 Å². The van der Waals surface area contributed by atoms with Gasteiger partial charge < -0.3 is 19.9 Å². The Morgan fingerprint density at radius 3 is 2.41 bits per heavy atom. The number of halogens is 3. The molecule has 1 aromatic carbocycles. The van der Waals surface area contributed by atoms with Gasteiger partial charge in [-0.3, -0.25) is 14.6 Å². The molecule has 1 N–H and O–H groups in total. The van der Waals surface area contributed by atoms with Gasteiger partial charge in [0.2, 0.25) is 11.8 Å². The van der Waals surface area contributed by atoms with Gasteiger partial charge >= 0.3 is 6.09 Å². The zero-order chi connectivity index (χ0) is 28.7. The van der Waals surface area contributed by atoms with Crippen LogP contribution < -0.4 is 5.32 Å². The standard InChI is InChI=1S/C30H33Br2ClN4O4/c31-21-12-20-2-1-19-13-22(33)14-23(32)26(19)27(28(20)34-15-21)18-5-9-36(10-6-18)25(38)11-17-3-7-37(8-4-17)29(39)24-16-41-30(40)35-24/h12-15,17-18,24,27H,1-11,16H2,(H,35,40)/t24-,27+/m0/s1. The number of piperidine rings is 2. The molecule has 3 amide bonds. The number of hydrogen-bond acceptors (Lipinski definition) is 5. The Morgan fingerprint density at radius 1 is 1.00 bits per heavy atom. The molecule has 0 spiro atoms. The molecule has 41 heavy (non-hydrogen) atoms. The van der Waals surface area contributed by atoms with Gasteiger partial charge in [0, 0.05) is 58.7 Å². The Bertz CT molecular complexity index is 1360. The van der Waals surface area contributed by atoms with E-state index < -0.39 is 12.1 Å². The smallest absolute Gasteiger partial charge is 0.407 e. The number of nitrogens with zero attached hydrogens (tertiary/aromatic N) is 3. The Kier molecular flexibility index (Phi) is 8.61. The number of fused-ring (bicyclic) bond motifs is 2. The van der Waals surface area contributed by atoms with Crippen molar-refractivity contribution < 1.29 is 19.1 Å². The number of carbonyl (C=O) groups is 3. The number of carbonyl (C=O) groups excluding carboxylic acids is 3. The third-order valence-electron chi connectivity index (χ3n) is 9.14. The van der Waals surface area contributed by atoms with Gasteiger partial charge in [-0.05, 0) is 101 Å². The number of likely N-dealkylation sites (tertiary alicyclic amines) is 2. The van der Waals surface area contributed by atoms with Crippen molar-refractivity contribution in [1.82, 2.24) is 20.1 Å². The summed E-state index contributed by atoms with van der Waals surface area (Å²) in [4.78, 5) is 46.0. The molecular weight excluding hydrogens is 676 g/mol. The highest BCUT2D eigenvalue weighted by atomic mass is 79.9. The van der Waals surface area contributed by atoms with E-state index in [1.54, 1.807) is 4.90 Å². The van der Waals surface area contributed by atoms with Gasteiger partial charge in [0.1, 0.15) is 12.6 Å². The number of benzene rings is 1. The molecule has 2 atom stereocenters. The molecule has 3 aliphatic heterocycles. The molecule has 1 aliphatic carbocycles. The fourth-order valence-electron chi connectivity index (χ4n) is 6.98. The molecular formula is C30H33Br2ClN4O4. The van der Waals surface area contributed by atoms with Gasteiger partial charge in [-0.15, -0.1) is 0 Å². The molecule has 4 heterocycles. The van der Waals surface area contributed by atoms with Crippen LogP contribution in [0.3, 0.4) is 0 Å². The maximum atomic E-state index is 13.3. The molecule has 0 radical (unpaired) electrons. The summed E-state index contributed by atoms with van der Waals surface area (Å²) in [7, 11) is 0. The first kappa shape index (κ1) is 28.9. The molecule has 0 unspecified atom stereocenters. The zero-order valence-electron chi connectivity index (χ0n) is 22.7. The summed E-state index contributed by atoms with van der Waals surface area (Å²) in [5.74, 6) is 0.899. The first-order valence-electron chi connectivity index (χ1n) is 14.4. The normalized spacial score (nSPS) is 23.3. The van der Waals surface area contributed by atoms with E-state index in [-0.39, 0.29) is 30.3 Å². The minimum Gasteiger partial charge on any atom is -0.447 e. The van der Waals surface area contributed by atoms with Crippen molar-refractivity contribution in [3.63, 3.8) is 0 Å². The second-order valence-electron chi connectivity index (χ2n) is 11.6. The minimum atomic E-state index is -0.594. The number of aryl methyl sites for hydroxylation is 2. The molecule has 2 aromatic rings. The van der Waals surface area contributed by atoms with Crippen molar-refractivity contribution >= 4 is 61.4 Å². The first-order chi connectivity index (χ1) is 19.8. The van der Waals surface area contributed by atoms with Gasteiger partial charge in [0.15, 0.2) is 0 Å². The van der Waals surface area contributed by atoms with Crippen LogP contribution in [-0.4, -0.2) is 71.5 Å². The third kappa shape index (κ3) is 6.15. The van der Waals surface area contributed by atoms with Crippen molar-refractivity contribution in [2.24, 2.45) is 11.8 Å². The average molecular weight is 709 g/mol. The minimum absolute atomic E-state index is 0.0857. The zero-order valence-corrected chi connectivity index (χ0v) is 26.6. The SMILES string of the molecule is O=C1N[C@H](C(=O)N2CCC(CC(=O)N3CCC([C@H]4c5ncc(Br)cc5CCc5cc(Cl)cc(Br)c54)CC3)CC2)CO1. The maximum Gasteiger partial charge on any atom is 0.407 e. The Morgan fingerprint density at radius 2 is 1.71 bits per heavy atom. The first-order valence-corrected chi connectivity index (χ1v) is 16.3. The second-order valence-corrected chi connectivity index (χ2v) is 13.8. The van der Waals surface area contributed by atoms with Gasteiger partial charge in [0.05, 0.1) is 5.69 Å². The van der Waals surface area contributed by atoms with Gasteiger partial charge in [-0.1, -0.05) is 27.5 Å². The summed E-state index contributed by atoms with van der Waals surface area (Å²) in [6.45, 7) is 2.78. The molecule has 3 saturated heterocycles. The van der Waals surface area contributed by atoms with Crippen LogP contribution in [0.1, 0.15) is 60.4 Å². The van der Waals surface area contributed by atoms with E-state index >= 15 is 0 Å². The Balaban J connectivity index is 1.08. The van der Waals surface area contributed by atoms with Crippen LogP contribution in [0.25, 0.3) is 0 Å². The lowest BCUT2D eigenvalue weighted by molar-refractivity contribution is -0.135. The van der Waals surface area contributed by atoms with Crippen LogP contribution in [0.2, 0.25) is 5.02 Å². The summed E-state index contributed by atoms with van der Waals surface area (Å²) >= 11 is 13.9. The highest BCUT2D eigenvalue weighted by Crippen LogP contribution is 2.46. The number of alkyl carbamates (subject to hydrolysis) is 1. The van der Waals surface area contributed by atoms with Crippen LogP contribution >= 0.6 is 43.5 Å². The van der Waals surface area contributed by atoms with Crippen LogP contribution in [0, 0.1) is 11.8 Å².